The largest absolute Gasteiger partial charge is 0.366 e. The van der Waals surface area contributed by atoms with Crippen molar-refractivity contribution in [2.75, 3.05) is 5.32 Å². The summed E-state index contributed by atoms with van der Waals surface area (Å²) < 4.78 is 1.94. The Kier molecular flexibility index (Phi) is 4.49. The molecular weight excluding hydrogens is 368 g/mol. The van der Waals surface area contributed by atoms with Crippen molar-refractivity contribution in [1.82, 2.24) is 14.5 Å². The Bertz CT molecular complexity index is 1130. The maximum atomic E-state index is 6.57. The van der Waals surface area contributed by atoms with E-state index in [2.05, 4.69) is 41.7 Å². The standard InChI is InChI=1S/C23H21ClN4/c24-21-14-17-10-4-7-13-20(17)28(21)23-26-19-12-6-5-11-18(19)22(27-23)25-15-16-8-2-1-3-9-16/h1-4,7-10,13-14H,5-6,11-12,15H2,(H,25,26,27). The second-order valence-corrected chi connectivity index (χ2v) is 7.59. The molecule has 2 aromatic carbocycles. The van der Waals surface area contributed by atoms with Crippen LogP contribution in [0.1, 0.15) is 29.7 Å². The van der Waals surface area contributed by atoms with Gasteiger partial charge in [-0.05, 0) is 43.4 Å². The van der Waals surface area contributed by atoms with Crippen molar-refractivity contribution in [2.45, 2.75) is 32.2 Å². The average molecular weight is 389 g/mol. The van der Waals surface area contributed by atoms with Gasteiger partial charge in [0.1, 0.15) is 11.0 Å². The predicted octanol–water partition coefficient (Wildman–Crippen LogP) is 5.56. The normalized spacial score (nSPS) is 13.5. The minimum absolute atomic E-state index is 0.631. The van der Waals surface area contributed by atoms with Crippen LogP contribution in [0.4, 0.5) is 5.82 Å². The monoisotopic (exact) mass is 388 g/mol. The quantitative estimate of drug-likeness (QED) is 0.497. The second kappa shape index (κ2) is 7.28. The molecule has 1 aliphatic rings. The number of hydrogen-bond donors (Lipinski definition) is 1. The number of anilines is 1. The molecule has 2 aromatic heterocycles. The van der Waals surface area contributed by atoms with E-state index in [-0.39, 0.29) is 0 Å². The first-order valence-electron chi connectivity index (χ1n) is 9.73. The molecule has 1 aliphatic carbocycles. The lowest BCUT2D eigenvalue weighted by Crippen LogP contribution is -2.15. The fraction of sp³-hybridized carbons (Fsp3) is 0.217. The van der Waals surface area contributed by atoms with Crippen LogP contribution in [0.25, 0.3) is 16.9 Å². The van der Waals surface area contributed by atoms with E-state index >= 15 is 0 Å². The molecule has 0 atom stereocenters. The molecule has 1 N–H and O–H groups in total. The van der Waals surface area contributed by atoms with E-state index in [1.165, 1.54) is 24.0 Å². The van der Waals surface area contributed by atoms with E-state index in [9.17, 15) is 0 Å². The van der Waals surface area contributed by atoms with Gasteiger partial charge in [-0.2, -0.15) is 4.98 Å². The summed E-state index contributed by atoms with van der Waals surface area (Å²) in [5, 5.41) is 5.27. The van der Waals surface area contributed by atoms with Crippen LogP contribution in [0.15, 0.2) is 60.7 Å². The van der Waals surface area contributed by atoms with Crippen LogP contribution in [0.2, 0.25) is 5.15 Å². The topological polar surface area (TPSA) is 42.7 Å². The third-order valence-electron chi connectivity index (χ3n) is 5.34. The lowest BCUT2D eigenvalue weighted by Gasteiger charge is -2.20. The number of nitrogens with one attached hydrogen (secondary N) is 1. The Hall–Kier alpha value is -2.85. The van der Waals surface area contributed by atoms with Gasteiger partial charge in [0.2, 0.25) is 5.95 Å². The molecule has 0 fully saturated rings. The van der Waals surface area contributed by atoms with Gasteiger partial charge in [0.15, 0.2) is 0 Å². The number of aryl methyl sites for hydroxylation is 1. The molecule has 28 heavy (non-hydrogen) atoms. The van der Waals surface area contributed by atoms with E-state index in [1.54, 1.807) is 0 Å². The summed E-state index contributed by atoms with van der Waals surface area (Å²) in [4.78, 5) is 9.82. The minimum atomic E-state index is 0.631. The first kappa shape index (κ1) is 17.3. The van der Waals surface area contributed by atoms with Gasteiger partial charge >= 0.3 is 0 Å². The fourth-order valence-corrected chi connectivity index (χ4v) is 4.22. The van der Waals surface area contributed by atoms with E-state index in [1.807, 2.05) is 28.8 Å². The Morgan fingerprint density at radius 3 is 2.61 bits per heavy atom. The Labute approximate surface area is 169 Å². The van der Waals surface area contributed by atoms with Crippen LogP contribution in [-0.2, 0) is 19.4 Å². The molecular formula is C23H21ClN4. The second-order valence-electron chi connectivity index (χ2n) is 7.21. The number of fused-ring (bicyclic) bond motifs is 2. The predicted molar refractivity (Wildman–Crippen MR) is 114 cm³/mol. The third-order valence-corrected chi connectivity index (χ3v) is 5.62. The molecule has 2 heterocycles. The molecule has 4 aromatic rings. The van der Waals surface area contributed by atoms with Crippen molar-refractivity contribution in [3.8, 4) is 5.95 Å². The van der Waals surface area contributed by atoms with Gasteiger partial charge in [0, 0.05) is 17.5 Å². The van der Waals surface area contributed by atoms with Gasteiger partial charge in [-0.1, -0.05) is 60.1 Å². The maximum absolute atomic E-state index is 6.57. The lowest BCUT2D eigenvalue weighted by atomic mass is 9.96. The number of aromatic nitrogens is 3. The van der Waals surface area contributed by atoms with Crippen LogP contribution in [-0.4, -0.2) is 14.5 Å². The van der Waals surface area contributed by atoms with Crippen molar-refractivity contribution in [2.24, 2.45) is 0 Å². The van der Waals surface area contributed by atoms with Gasteiger partial charge in [0.25, 0.3) is 0 Å². The average Bonchev–Trinajstić information content (AvgIpc) is 3.08. The first-order valence-corrected chi connectivity index (χ1v) is 10.1. The molecule has 0 saturated carbocycles. The van der Waals surface area contributed by atoms with Gasteiger partial charge in [-0.15, -0.1) is 0 Å². The molecule has 0 aliphatic heterocycles. The zero-order chi connectivity index (χ0) is 18.9. The highest BCUT2D eigenvalue weighted by atomic mass is 35.5. The SMILES string of the molecule is Clc1cc2ccccc2n1-c1nc2c(c(NCc3ccccc3)n1)CCCC2. The summed E-state index contributed by atoms with van der Waals surface area (Å²) >= 11 is 6.57. The fourth-order valence-electron chi connectivity index (χ4n) is 3.93. The number of hydrogen-bond acceptors (Lipinski definition) is 3. The van der Waals surface area contributed by atoms with Crippen molar-refractivity contribution < 1.29 is 0 Å². The summed E-state index contributed by atoms with van der Waals surface area (Å²) in [6.45, 7) is 0.740. The lowest BCUT2D eigenvalue weighted by molar-refractivity contribution is 0.659. The van der Waals surface area contributed by atoms with Crippen LogP contribution in [0.3, 0.4) is 0 Å². The van der Waals surface area contributed by atoms with E-state index < -0.39 is 0 Å². The molecule has 0 unspecified atom stereocenters. The van der Waals surface area contributed by atoms with Crippen LogP contribution in [0.5, 0.6) is 0 Å². The van der Waals surface area contributed by atoms with E-state index in [0.717, 1.165) is 41.8 Å². The van der Waals surface area contributed by atoms with Gasteiger partial charge < -0.3 is 5.32 Å². The molecule has 5 heteroatoms. The Morgan fingerprint density at radius 1 is 0.929 bits per heavy atom. The summed E-state index contributed by atoms with van der Waals surface area (Å²) in [6, 6.07) is 20.5. The van der Waals surface area contributed by atoms with Crippen LogP contribution < -0.4 is 5.32 Å². The number of benzene rings is 2. The van der Waals surface area contributed by atoms with Crippen LogP contribution >= 0.6 is 11.6 Å². The molecule has 4 nitrogen and oxygen atoms in total. The number of halogens is 1. The van der Waals surface area contributed by atoms with Crippen molar-refractivity contribution in [1.29, 1.82) is 0 Å². The van der Waals surface area contributed by atoms with E-state index in [0.29, 0.717) is 11.1 Å². The molecule has 0 spiro atoms. The maximum Gasteiger partial charge on any atom is 0.237 e. The highest BCUT2D eigenvalue weighted by Gasteiger charge is 2.20. The molecule has 5 rings (SSSR count). The molecule has 140 valence electrons. The summed E-state index contributed by atoms with van der Waals surface area (Å²) in [6.07, 6.45) is 4.36. The summed E-state index contributed by atoms with van der Waals surface area (Å²) in [7, 11) is 0. The van der Waals surface area contributed by atoms with Crippen molar-refractivity contribution >= 4 is 28.3 Å². The molecule has 0 bridgehead atoms. The highest BCUT2D eigenvalue weighted by Crippen LogP contribution is 2.30. The van der Waals surface area contributed by atoms with Gasteiger partial charge in [-0.3, -0.25) is 4.57 Å². The number of nitrogens with zero attached hydrogens (tertiary/aromatic N) is 3. The summed E-state index contributed by atoms with van der Waals surface area (Å²) in [5.74, 6) is 1.57. The van der Waals surface area contributed by atoms with Crippen molar-refractivity contribution in [3.63, 3.8) is 0 Å². The minimum Gasteiger partial charge on any atom is -0.366 e. The zero-order valence-electron chi connectivity index (χ0n) is 15.5. The molecule has 0 radical (unpaired) electrons. The number of rotatable bonds is 4. The number of para-hydroxylation sites is 1. The van der Waals surface area contributed by atoms with E-state index in [4.69, 9.17) is 21.6 Å². The first-order chi connectivity index (χ1) is 13.8. The smallest absolute Gasteiger partial charge is 0.237 e. The summed E-state index contributed by atoms with van der Waals surface area (Å²) in [5.41, 5.74) is 4.65. The molecule has 0 saturated heterocycles. The Morgan fingerprint density at radius 2 is 1.71 bits per heavy atom. The van der Waals surface area contributed by atoms with Gasteiger partial charge in [-0.25, -0.2) is 4.98 Å². The van der Waals surface area contributed by atoms with Crippen molar-refractivity contribution in [3.05, 3.63) is 82.6 Å². The zero-order valence-corrected chi connectivity index (χ0v) is 16.3. The van der Waals surface area contributed by atoms with Gasteiger partial charge in [0.05, 0.1) is 11.2 Å². The van der Waals surface area contributed by atoms with Crippen LogP contribution in [0, 0.1) is 0 Å². The highest BCUT2D eigenvalue weighted by molar-refractivity contribution is 6.31. The Balaban J connectivity index is 1.60. The third kappa shape index (κ3) is 3.14. The molecule has 0 amide bonds.